The molecule has 62 heavy (non-hydrogen) atoms. The van der Waals surface area contributed by atoms with E-state index in [0.29, 0.717) is 59.9 Å². The van der Waals surface area contributed by atoms with E-state index in [1.54, 1.807) is 45.0 Å². The van der Waals surface area contributed by atoms with E-state index in [4.69, 9.17) is 19.2 Å². The van der Waals surface area contributed by atoms with Crippen molar-refractivity contribution in [3.05, 3.63) is 60.7 Å². The van der Waals surface area contributed by atoms with E-state index >= 15 is 0 Å². The molecule has 3 N–H and O–H groups in total. The van der Waals surface area contributed by atoms with Crippen molar-refractivity contribution >= 4 is 44.6 Å². The zero-order valence-corrected chi connectivity index (χ0v) is 35.6. The number of alkyl carbamates (subject to hydrolysis) is 1. The van der Waals surface area contributed by atoms with E-state index in [1.165, 1.54) is 24.1 Å². The summed E-state index contributed by atoms with van der Waals surface area (Å²) in [7, 11) is -2.47. The number of aromatic nitrogens is 1. The Hall–Kier alpha value is -5.59. The summed E-state index contributed by atoms with van der Waals surface area (Å²) in [5.41, 5.74) is -1.71. The van der Waals surface area contributed by atoms with Crippen LogP contribution in [0.25, 0.3) is 22.0 Å². The zero-order chi connectivity index (χ0) is 44.6. The molecule has 2 aromatic carbocycles. The molecule has 4 amide bonds. The van der Waals surface area contributed by atoms with Crippen LogP contribution in [0.5, 0.6) is 17.4 Å². The highest BCUT2D eigenvalue weighted by molar-refractivity contribution is 7.91. The van der Waals surface area contributed by atoms with Gasteiger partial charge in [-0.05, 0) is 113 Å². The number of pyridine rings is 1. The van der Waals surface area contributed by atoms with Crippen molar-refractivity contribution in [1.29, 1.82) is 0 Å². The second-order valence-corrected chi connectivity index (χ2v) is 19.1. The van der Waals surface area contributed by atoms with Gasteiger partial charge in [-0.2, -0.15) is 0 Å². The van der Waals surface area contributed by atoms with Crippen LogP contribution in [-0.4, -0.2) is 96.7 Å². The number of benzene rings is 2. The fourth-order valence-electron chi connectivity index (χ4n) is 7.85. The number of carbonyl (C=O) groups is 4. The molecular weight excluding hydrogens is 836 g/mol. The molecular formula is C43H50F3N5O10S. The summed E-state index contributed by atoms with van der Waals surface area (Å²) in [5, 5.41) is 5.98. The molecule has 1 saturated heterocycles. The third-order valence-electron chi connectivity index (χ3n) is 11.2. The summed E-state index contributed by atoms with van der Waals surface area (Å²) in [6.07, 6.45) is 0.877. The van der Waals surface area contributed by atoms with Crippen molar-refractivity contribution in [2.45, 2.75) is 119 Å². The fourth-order valence-corrected chi connectivity index (χ4v) is 9.22. The average molecular weight is 886 g/mol. The van der Waals surface area contributed by atoms with Gasteiger partial charge in [0.25, 0.3) is 5.91 Å². The summed E-state index contributed by atoms with van der Waals surface area (Å²) in [6.45, 7) is 4.91. The number of nitrogens with zero attached hydrogens (tertiary/aromatic N) is 2. The topological polar surface area (TPSA) is 192 Å². The van der Waals surface area contributed by atoms with E-state index in [1.807, 2.05) is 12.2 Å². The second kappa shape index (κ2) is 17.3. The maximum Gasteiger partial charge on any atom is 0.573 e. The van der Waals surface area contributed by atoms with Crippen molar-refractivity contribution < 1.29 is 59.7 Å². The Labute approximate surface area is 357 Å². The number of amides is 4. The number of rotatable bonds is 9. The molecule has 5 atom stereocenters. The van der Waals surface area contributed by atoms with Crippen molar-refractivity contribution in [3.63, 3.8) is 0 Å². The first-order valence-electron chi connectivity index (χ1n) is 20.6. The van der Waals surface area contributed by atoms with Gasteiger partial charge in [-0.15, -0.1) is 13.2 Å². The standard InChI is InChI=1S/C43H50F3N5O10S/c1-41(2,3)61-40(55)48-33-11-9-7-5-6-8-10-27-23-42(27,39(54)50-62(56,57)31-17-18-31)49-36(52)35-22-30(24-51(35)38(33)53)59-37-32-19-16-29(58-4)20-26(32)21-34(47-37)25-12-14-28(15-13-25)60-43(44,45)46/h8,10,12-16,19-21,27,30-31,33,35H,5-7,9,11,17-18,22-24H2,1-4H3,(H,48,55)(H,49,52)(H,50,54)/t27?,30?,33-,35-,42+/m0/s1. The summed E-state index contributed by atoms with van der Waals surface area (Å²) in [4.78, 5) is 62.2. The lowest BCUT2D eigenvalue weighted by molar-refractivity contribution is -0.274. The molecule has 2 saturated carbocycles. The van der Waals surface area contributed by atoms with Gasteiger partial charge < -0.3 is 34.5 Å². The minimum absolute atomic E-state index is 0.0910. The van der Waals surface area contributed by atoms with Gasteiger partial charge in [-0.3, -0.25) is 19.1 Å². The first kappa shape index (κ1) is 44.5. The van der Waals surface area contributed by atoms with Crippen molar-refractivity contribution in [2.75, 3.05) is 13.7 Å². The monoisotopic (exact) mass is 885 g/mol. The number of fused-ring (bicyclic) bond motifs is 3. The molecule has 15 nitrogen and oxygen atoms in total. The van der Waals surface area contributed by atoms with E-state index in [0.717, 1.165) is 18.6 Å². The highest BCUT2D eigenvalue weighted by Crippen LogP contribution is 2.46. The third kappa shape index (κ3) is 10.5. The first-order chi connectivity index (χ1) is 29.2. The highest BCUT2D eigenvalue weighted by atomic mass is 32.2. The predicted octanol–water partition coefficient (Wildman–Crippen LogP) is 6.05. The van der Waals surface area contributed by atoms with Crippen LogP contribution in [0.3, 0.4) is 0 Å². The maximum atomic E-state index is 14.7. The Morgan fingerprint density at radius 2 is 1.69 bits per heavy atom. The van der Waals surface area contributed by atoms with Crippen LogP contribution in [0, 0.1) is 5.92 Å². The molecule has 2 unspecified atom stereocenters. The molecule has 3 heterocycles. The number of halogens is 3. The summed E-state index contributed by atoms with van der Waals surface area (Å²) >= 11 is 0. The Morgan fingerprint density at radius 3 is 2.37 bits per heavy atom. The minimum Gasteiger partial charge on any atom is -0.497 e. The summed E-state index contributed by atoms with van der Waals surface area (Å²) in [5.74, 6) is -2.50. The van der Waals surface area contributed by atoms with Gasteiger partial charge >= 0.3 is 12.5 Å². The van der Waals surface area contributed by atoms with Crippen LogP contribution >= 0.6 is 0 Å². The van der Waals surface area contributed by atoms with Crippen LogP contribution in [0.15, 0.2) is 60.7 Å². The van der Waals surface area contributed by atoms with Crippen LogP contribution < -0.4 is 29.6 Å². The van der Waals surface area contributed by atoms with E-state index in [9.17, 15) is 40.8 Å². The average Bonchev–Trinajstić information content (AvgIpc) is 4.12. The Kier molecular flexibility index (Phi) is 12.4. The van der Waals surface area contributed by atoms with Gasteiger partial charge in [-0.25, -0.2) is 18.2 Å². The predicted molar refractivity (Wildman–Crippen MR) is 219 cm³/mol. The summed E-state index contributed by atoms with van der Waals surface area (Å²) in [6, 6.07) is 9.63. The molecule has 2 aliphatic carbocycles. The zero-order valence-electron chi connectivity index (χ0n) is 34.8. The second-order valence-electron chi connectivity index (χ2n) is 17.2. The lowest BCUT2D eigenvalue weighted by Crippen LogP contribution is -2.58. The number of nitrogens with one attached hydrogen (secondary N) is 3. The first-order valence-corrected chi connectivity index (χ1v) is 22.1. The lowest BCUT2D eigenvalue weighted by Gasteiger charge is -2.30. The number of sulfonamides is 1. The number of hydrogen-bond donors (Lipinski definition) is 3. The van der Waals surface area contributed by atoms with Gasteiger partial charge in [0, 0.05) is 23.3 Å². The quantitative estimate of drug-likeness (QED) is 0.212. The Balaban J connectivity index is 1.23. The molecule has 3 fully saturated rings. The molecule has 334 valence electrons. The SMILES string of the molecule is COc1ccc2c(OC3C[C@H]4C(=O)N[C@]5(C(=O)NS(=O)(=O)C6CC6)CC5C=CCCCCC[C@H](NC(=O)OC(C)(C)C)C(=O)N4C3)nc(-c3ccc(OC(F)(F)F)cc3)cc2c1. The number of methoxy groups -OCH3 is 1. The number of ether oxygens (including phenoxy) is 4. The number of carbonyl (C=O) groups excluding carboxylic acids is 4. The Morgan fingerprint density at radius 1 is 0.968 bits per heavy atom. The smallest absolute Gasteiger partial charge is 0.497 e. The van der Waals surface area contributed by atoms with E-state index < -0.39 is 86.4 Å². The van der Waals surface area contributed by atoms with Gasteiger partial charge in [0.2, 0.25) is 27.7 Å². The van der Waals surface area contributed by atoms with Gasteiger partial charge in [0.1, 0.15) is 40.8 Å². The van der Waals surface area contributed by atoms with E-state index in [2.05, 4.69) is 20.1 Å². The molecule has 3 aromatic rings. The highest BCUT2D eigenvalue weighted by Gasteiger charge is 2.62. The third-order valence-corrected chi connectivity index (χ3v) is 13.0. The number of alkyl halides is 3. The normalized spacial score (nSPS) is 24.7. The molecule has 0 spiro atoms. The summed E-state index contributed by atoms with van der Waals surface area (Å²) < 4.78 is 88.3. The van der Waals surface area contributed by atoms with Crippen LogP contribution in [0.2, 0.25) is 0 Å². The molecule has 0 bridgehead atoms. The minimum atomic E-state index is -4.88. The van der Waals surface area contributed by atoms with Gasteiger partial charge in [0.05, 0.1) is 24.6 Å². The molecule has 2 aliphatic heterocycles. The van der Waals surface area contributed by atoms with E-state index in [-0.39, 0.29) is 31.7 Å². The largest absolute Gasteiger partial charge is 0.573 e. The molecule has 0 radical (unpaired) electrons. The van der Waals surface area contributed by atoms with Crippen LogP contribution in [-0.2, 0) is 29.1 Å². The molecule has 19 heteroatoms. The molecule has 1 aromatic heterocycles. The number of allylic oxidation sites excluding steroid dienone is 1. The van der Waals surface area contributed by atoms with Crippen molar-refractivity contribution in [2.24, 2.45) is 5.92 Å². The van der Waals surface area contributed by atoms with Crippen molar-refractivity contribution in [1.82, 2.24) is 25.2 Å². The van der Waals surface area contributed by atoms with Crippen LogP contribution in [0.4, 0.5) is 18.0 Å². The Bertz CT molecular complexity index is 2350. The molecule has 4 aliphatic rings. The van der Waals surface area contributed by atoms with Gasteiger partial charge in [-0.1, -0.05) is 25.0 Å². The number of hydrogen-bond acceptors (Lipinski definition) is 11. The van der Waals surface area contributed by atoms with Crippen LogP contribution in [0.1, 0.15) is 78.6 Å². The maximum absolute atomic E-state index is 14.7. The lowest BCUT2D eigenvalue weighted by atomic mass is 10.0. The van der Waals surface area contributed by atoms with Crippen molar-refractivity contribution in [3.8, 4) is 28.6 Å². The fraction of sp³-hybridized carbons (Fsp3) is 0.512. The van der Waals surface area contributed by atoms with Gasteiger partial charge in [0.15, 0.2) is 0 Å². The molecule has 7 rings (SSSR count).